The molecule has 1 aromatic rings. The van der Waals surface area contributed by atoms with Gasteiger partial charge >= 0.3 is 0 Å². The minimum atomic E-state index is -0.320. The van der Waals surface area contributed by atoms with Crippen LogP contribution in [0.4, 0.5) is 4.39 Å². The number of rotatable bonds is 4. The van der Waals surface area contributed by atoms with Gasteiger partial charge in [0.05, 0.1) is 5.02 Å². The molecule has 1 aliphatic rings. The second-order valence-electron chi connectivity index (χ2n) is 4.37. The first-order valence-electron chi connectivity index (χ1n) is 5.47. The van der Waals surface area contributed by atoms with Gasteiger partial charge in [0.15, 0.2) is 0 Å². The van der Waals surface area contributed by atoms with Crippen LogP contribution >= 0.6 is 27.5 Å². The zero-order chi connectivity index (χ0) is 11.7. The van der Waals surface area contributed by atoms with Crippen molar-refractivity contribution in [2.24, 2.45) is 11.7 Å². The summed E-state index contributed by atoms with van der Waals surface area (Å²) in [5, 5.41) is 0.164. The molecule has 1 nitrogen and oxygen atoms in total. The lowest BCUT2D eigenvalue weighted by atomic mass is 10.0. The molecule has 2 rings (SSSR count). The molecule has 1 fully saturated rings. The maximum atomic E-state index is 13.7. The standard InChI is InChI=1S/C12H14BrClFN/c13-9-5-3-8(12(15)11(9)14)4-6-10(16)7-1-2-7/h3,5,7,10H,1-2,4,6,16H2. The summed E-state index contributed by atoms with van der Waals surface area (Å²) in [5.74, 6) is 0.341. The Balaban J connectivity index is 2.01. The van der Waals surface area contributed by atoms with E-state index in [1.54, 1.807) is 12.1 Å². The van der Waals surface area contributed by atoms with E-state index in [-0.39, 0.29) is 16.9 Å². The largest absolute Gasteiger partial charge is 0.327 e. The van der Waals surface area contributed by atoms with Crippen LogP contribution in [0.1, 0.15) is 24.8 Å². The third kappa shape index (κ3) is 2.76. The maximum absolute atomic E-state index is 13.7. The quantitative estimate of drug-likeness (QED) is 0.839. The number of hydrogen-bond acceptors (Lipinski definition) is 1. The predicted molar refractivity (Wildman–Crippen MR) is 68.1 cm³/mol. The van der Waals surface area contributed by atoms with Crippen molar-refractivity contribution < 1.29 is 4.39 Å². The number of halogens is 3. The molecule has 1 atom stereocenters. The van der Waals surface area contributed by atoms with Gasteiger partial charge in [-0.25, -0.2) is 4.39 Å². The molecule has 16 heavy (non-hydrogen) atoms. The minimum Gasteiger partial charge on any atom is -0.327 e. The van der Waals surface area contributed by atoms with Gasteiger partial charge in [-0.05, 0) is 59.2 Å². The predicted octanol–water partition coefficient (Wildman–Crippen LogP) is 3.91. The van der Waals surface area contributed by atoms with E-state index in [0.29, 0.717) is 22.4 Å². The van der Waals surface area contributed by atoms with Gasteiger partial charge in [0.2, 0.25) is 0 Å². The van der Waals surface area contributed by atoms with Crippen LogP contribution in [0.25, 0.3) is 0 Å². The van der Waals surface area contributed by atoms with Crippen molar-refractivity contribution in [3.63, 3.8) is 0 Å². The third-order valence-corrected chi connectivity index (χ3v) is 4.35. The summed E-state index contributed by atoms with van der Waals surface area (Å²) in [6.45, 7) is 0. The molecule has 1 saturated carbocycles. The average Bonchev–Trinajstić information content (AvgIpc) is 3.08. The molecular weight excluding hydrogens is 292 g/mol. The number of hydrogen-bond donors (Lipinski definition) is 1. The lowest BCUT2D eigenvalue weighted by molar-refractivity contribution is 0.535. The molecule has 1 unspecified atom stereocenters. The van der Waals surface area contributed by atoms with E-state index in [2.05, 4.69) is 15.9 Å². The summed E-state index contributed by atoms with van der Waals surface area (Å²) in [6.07, 6.45) is 3.95. The number of nitrogens with two attached hydrogens (primary N) is 1. The van der Waals surface area contributed by atoms with Crippen molar-refractivity contribution >= 4 is 27.5 Å². The van der Waals surface area contributed by atoms with Crippen LogP contribution in [-0.2, 0) is 6.42 Å². The Kier molecular flexibility index (Phi) is 3.88. The van der Waals surface area contributed by atoms with E-state index in [4.69, 9.17) is 17.3 Å². The van der Waals surface area contributed by atoms with Crippen LogP contribution in [0.5, 0.6) is 0 Å². The first-order valence-corrected chi connectivity index (χ1v) is 6.64. The molecule has 0 amide bonds. The van der Waals surface area contributed by atoms with Gasteiger partial charge in [0.25, 0.3) is 0 Å². The molecule has 88 valence electrons. The topological polar surface area (TPSA) is 26.0 Å². The summed E-state index contributed by atoms with van der Waals surface area (Å²) >= 11 is 9.02. The van der Waals surface area contributed by atoms with E-state index in [0.717, 1.165) is 6.42 Å². The Bertz CT molecular complexity index is 393. The molecule has 0 aliphatic heterocycles. The summed E-state index contributed by atoms with van der Waals surface area (Å²) in [7, 11) is 0. The second kappa shape index (κ2) is 5.03. The van der Waals surface area contributed by atoms with Gasteiger partial charge in [-0.2, -0.15) is 0 Å². The SMILES string of the molecule is NC(CCc1ccc(Br)c(Cl)c1F)C1CC1. The fourth-order valence-electron chi connectivity index (χ4n) is 1.84. The molecule has 0 saturated heterocycles. The Morgan fingerprint density at radius 1 is 1.50 bits per heavy atom. The molecule has 1 aromatic carbocycles. The number of aryl methyl sites for hydroxylation is 1. The molecule has 0 spiro atoms. The smallest absolute Gasteiger partial charge is 0.146 e. The van der Waals surface area contributed by atoms with E-state index in [1.807, 2.05) is 0 Å². The first-order chi connectivity index (χ1) is 7.59. The highest BCUT2D eigenvalue weighted by Crippen LogP contribution is 2.34. The molecular formula is C12H14BrClFN. The maximum Gasteiger partial charge on any atom is 0.146 e. The molecule has 4 heteroatoms. The van der Waals surface area contributed by atoms with Gasteiger partial charge < -0.3 is 5.73 Å². The van der Waals surface area contributed by atoms with Crippen molar-refractivity contribution in [1.82, 2.24) is 0 Å². The second-order valence-corrected chi connectivity index (χ2v) is 5.61. The summed E-state index contributed by atoms with van der Waals surface area (Å²) in [6, 6.07) is 3.76. The summed E-state index contributed by atoms with van der Waals surface area (Å²) < 4.78 is 14.3. The van der Waals surface area contributed by atoms with Gasteiger partial charge in [0, 0.05) is 10.5 Å². The molecule has 0 aromatic heterocycles. The summed E-state index contributed by atoms with van der Waals surface area (Å²) in [4.78, 5) is 0. The summed E-state index contributed by atoms with van der Waals surface area (Å²) in [5.41, 5.74) is 6.64. The van der Waals surface area contributed by atoms with Crippen molar-refractivity contribution in [2.45, 2.75) is 31.7 Å². The van der Waals surface area contributed by atoms with Crippen LogP contribution in [0.2, 0.25) is 5.02 Å². The van der Waals surface area contributed by atoms with Crippen molar-refractivity contribution in [1.29, 1.82) is 0 Å². The minimum absolute atomic E-state index is 0.164. The van der Waals surface area contributed by atoms with Crippen LogP contribution in [0, 0.1) is 11.7 Å². The fraction of sp³-hybridized carbons (Fsp3) is 0.500. The van der Waals surface area contributed by atoms with Gasteiger partial charge in [0.1, 0.15) is 5.82 Å². The van der Waals surface area contributed by atoms with Crippen LogP contribution in [0.3, 0.4) is 0 Å². The fourth-order valence-corrected chi connectivity index (χ4v) is 2.33. The zero-order valence-electron chi connectivity index (χ0n) is 8.85. The molecule has 0 bridgehead atoms. The van der Waals surface area contributed by atoms with E-state index in [1.165, 1.54) is 12.8 Å². The van der Waals surface area contributed by atoms with Crippen LogP contribution in [-0.4, -0.2) is 6.04 Å². The van der Waals surface area contributed by atoms with Crippen LogP contribution < -0.4 is 5.73 Å². The zero-order valence-corrected chi connectivity index (χ0v) is 11.2. The third-order valence-electron chi connectivity index (χ3n) is 3.09. The first kappa shape index (κ1) is 12.3. The highest BCUT2D eigenvalue weighted by atomic mass is 79.9. The lowest BCUT2D eigenvalue weighted by Gasteiger charge is -2.11. The monoisotopic (exact) mass is 305 g/mol. The Labute approximate surface area is 108 Å². The number of benzene rings is 1. The lowest BCUT2D eigenvalue weighted by Crippen LogP contribution is -2.23. The Hall–Kier alpha value is -0.120. The van der Waals surface area contributed by atoms with Gasteiger partial charge in [-0.3, -0.25) is 0 Å². The van der Waals surface area contributed by atoms with Crippen molar-refractivity contribution in [3.05, 3.63) is 33.0 Å². The normalized spacial score (nSPS) is 17.5. The Morgan fingerprint density at radius 2 is 2.19 bits per heavy atom. The molecule has 0 heterocycles. The van der Waals surface area contributed by atoms with E-state index in [9.17, 15) is 4.39 Å². The van der Waals surface area contributed by atoms with Crippen LogP contribution in [0.15, 0.2) is 16.6 Å². The van der Waals surface area contributed by atoms with E-state index < -0.39 is 0 Å². The molecule has 0 radical (unpaired) electrons. The van der Waals surface area contributed by atoms with Crippen molar-refractivity contribution in [2.75, 3.05) is 0 Å². The van der Waals surface area contributed by atoms with Gasteiger partial charge in [-0.1, -0.05) is 17.7 Å². The van der Waals surface area contributed by atoms with Crippen molar-refractivity contribution in [3.8, 4) is 0 Å². The molecule has 2 N–H and O–H groups in total. The highest BCUT2D eigenvalue weighted by Gasteiger charge is 2.28. The Morgan fingerprint density at radius 3 is 2.81 bits per heavy atom. The van der Waals surface area contributed by atoms with E-state index >= 15 is 0 Å². The molecule has 1 aliphatic carbocycles. The van der Waals surface area contributed by atoms with Gasteiger partial charge in [-0.15, -0.1) is 0 Å². The average molecular weight is 307 g/mol. The highest BCUT2D eigenvalue weighted by molar-refractivity contribution is 9.10.